The molecule has 0 amide bonds. The average Bonchev–Trinajstić information content (AvgIpc) is 2.55. The molecule has 0 saturated carbocycles. The first-order valence-corrected chi connectivity index (χ1v) is 4.99. The molecule has 0 radical (unpaired) electrons. The highest BCUT2D eigenvalue weighted by atomic mass is 35.5. The Morgan fingerprint density at radius 3 is 2.93 bits per heavy atom. The Labute approximate surface area is 97.1 Å². The molecule has 1 aromatic heterocycles. The summed E-state index contributed by atoms with van der Waals surface area (Å²) >= 11 is 0. The Morgan fingerprint density at radius 2 is 2.33 bits per heavy atom. The number of hydrogen-bond donors (Lipinski definition) is 0. The minimum absolute atomic E-state index is 0. The van der Waals surface area contributed by atoms with Crippen molar-refractivity contribution in [2.24, 2.45) is 5.41 Å². The van der Waals surface area contributed by atoms with Crippen LogP contribution in [-0.2, 0) is 6.54 Å². The van der Waals surface area contributed by atoms with E-state index in [1.165, 1.54) is 5.57 Å². The van der Waals surface area contributed by atoms with Crippen molar-refractivity contribution in [2.75, 3.05) is 0 Å². The predicted molar refractivity (Wildman–Crippen MR) is 65.1 cm³/mol. The fraction of sp³-hybridized carbons (Fsp3) is 0.417. The van der Waals surface area contributed by atoms with Gasteiger partial charge in [0, 0.05) is 24.4 Å². The Bertz CT molecular complexity index is 365. The van der Waals surface area contributed by atoms with Gasteiger partial charge in [-0.05, 0) is 13.3 Å². The number of allylic oxidation sites excluding steroid dienone is 4. The molecule has 2 nitrogen and oxygen atoms in total. The second-order valence-electron chi connectivity index (χ2n) is 4.44. The molecule has 0 fully saturated rings. The Hall–Kier alpha value is -1.02. The molecule has 0 bridgehead atoms. The molecule has 15 heavy (non-hydrogen) atoms. The largest absolute Gasteiger partial charge is 0.337 e. The number of hydrogen-bond acceptors (Lipinski definition) is 1. The zero-order valence-corrected chi connectivity index (χ0v) is 10.00. The van der Waals surface area contributed by atoms with Crippen LogP contribution in [0, 0.1) is 5.41 Å². The van der Waals surface area contributed by atoms with Crippen molar-refractivity contribution in [1.82, 2.24) is 9.55 Å². The fourth-order valence-electron chi connectivity index (χ4n) is 2.11. The number of aromatic nitrogens is 2. The van der Waals surface area contributed by atoms with Crippen LogP contribution in [0.15, 0.2) is 42.5 Å². The zero-order chi connectivity index (χ0) is 10.0. The smallest absolute Gasteiger partial charge is 0.0946 e. The maximum absolute atomic E-state index is 4.06. The number of nitrogens with zero attached hydrogens (tertiary/aromatic N) is 2. The molecular weight excluding hydrogens is 208 g/mol. The topological polar surface area (TPSA) is 17.8 Å². The third-order valence-corrected chi connectivity index (χ3v) is 2.66. The lowest BCUT2D eigenvalue weighted by atomic mass is 9.80. The van der Waals surface area contributed by atoms with Gasteiger partial charge >= 0.3 is 0 Å². The lowest BCUT2D eigenvalue weighted by Gasteiger charge is -2.29. The van der Waals surface area contributed by atoms with Gasteiger partial charge in [0.15, 0.2) is 0 Å². The lowest BCUT2D eigenvalue weighted by molar-refractivity contribution is 0.350. The van der Waals surface area contributed by atoms with Crippen molar-refractivity contribution in [3.63, 3.8) is 0 Å². The van der Waals surface area contributed by atoms with Crippen molar-refractivity contribution in [1.29, 1.82) is 0 Å². The molecule has 82 valence electrons. The molecule has 1 atom stereocenters. The van der Waals surface area contributed by atoms with Crippen molar-refractivity contribution >= 4 is 12.4 Å². The van der Waals surface area contributed by atoms with Crippen LogP contribution >= 0.6 is 12.4 Å². The first-order chi connectivity index (χ1) is 6.68. The molecule has 1 aliphatic rings. The van der Waals surface area contributed by atoms with Crippen molar-refractivity contribution in [2.45, 2.75) is 26.8 Å². The Kier molecular flexibility index (Phi) is 3.75. The van der Waals surface area contributed by atoms with Crippen LogP contribution in [0.2, 0.25) is 0 Å². The standard InChI is InChI=1S/C12H16N2.ClH/c1-11-4-3-5-12(2,8-11)9-14-7-6-13-10-14;/h3-7,10H,8-9H2,1-2H3;1H. The van der Waals surface area contributed by atoms with E-state index < -0.39 is 0 Å². The van der Waals surface area contributed by atoms with E-state index in [9.17, 15) is 0 Å². The second-order valence-corrected chi connectivity index (χ2v) is 4.44. The van der Waals surface area contributed by atoms with Crippen LogP contribution in [0.4, 0.5) is 0 Å². The van der Waals surface area contributed by atoms with Gasteiger partial charge in [-0.3, -0.25) is 0 Å². The molecule has 1 heterocycles. The molecule has 0 saturated heterocycles. The van der Waals surface area contributed by atoms with Gasteiger partial charge in [-0.2, -0.15) is 0 Å². The monoisotopic (exact) mass is 224 g/mol. The summed E-state index contributed by atoms with van der Waals surface area (Å²) in [6.07, 6.45) is 13.5. The number of imidazole rings is 1. The first-order valence-electron chi connectivity index (χ1n) is 4.99. The summed E-state index contributed by atoms with van der Waals surface area (Å²) in [4.78, 5) is 4.06. The fourth-order valence-corrected chi connectivity index (χ4v) is 2.11. The maximum atomic E-state index is 4.06. The van der Waals surface area contributed by atoms with Crippen LogP contribution in [0.25, 0.3) is 0 Å². The molecular formula is C12H17ClN2. The lowest BCUT2D eigenvalue weighted by Crippen LogP contribution is -2.22. The summed E-state index contributed by atoms with van der Waals surface area (Å²) in [5, 5.41) is 0. The molecule has 0 spiro atoms. The summed E-state index contributed by atoms with van der Waals surface area (Å²) < 4.78 is 2.14. The van der Waals surface area contributed by atoms with E-state index in [1.807, 2.05) is 18.7 Å². The van der Waals surface area contributed by atoms with Crippen molar-refractivity contribution in [3.05, 3.63) is 42.5 Å². The van der Waals surface area contributed by atoms with Crippen molar-refractivity contribution in [3.8, 4) is 0 Å². The van der Waals surface area contributed by atoms with Crippen LogP contribution in [0.3, 0.4) is 0 Å². The highest BCUT2D eigenvalue weighted by molar-refractivity contribution is 5.85. The van der Waals surface area contributed by atoms with Crippen LogP contribution in [0.1, 0.15) is 20.3 Å². The van der Waals surface area contributed by atoms with Gasteiger partial charge in [0.2, 0.25) is 0 Å². The summed E-state index contributed by atoms with van der Waals surface area (Å²) in [5.41, 5.74) is 1.70. The zero-order valence-electron chi connectivity index (χ0n) is 9.18. The minimum atomic E-state index is 0. The summed E-state index contributed by atoms with van der Waals surface area (Å²) in [7, 11) is 0. The molecule has 3 heteroatoms. The third-order valence-electron chi connectivity index (χ3n) is 2.66. The van der Waals surface area contributed by atoms with E-state index in [1.54, 1.807) is 0 Å². The van der Waals surface area contributed by atoms with E-state index in [0.29, 0.717) is 0 Å². The average molecular weight is 225 g/mol. The van der Waals surface area contributed by atoms with Crippen LogP contribution in [-0.4, -0.2) is 9.55 Å². The molecule has 2 rings (SSSR count). The van der Waals surface area contributed by atoms with Gasteiger partial charge in [-0.1, -0.05) is 30.7 Å². The van der Waals surface area contributed by atoms with Gasteiger partial charge in [-0.15, -0.1) is 12.4 Å². The maximum Gasteiger partial charge on any atom is 0.0946 e. The van der Waals surface area contributed by atoms with E-state index in [0.717, 1.165) is 13.0 Å². The van der Waals surface area contributed by atoms with Crippen LogP contribution in [0.5, 0.6) is 0 Å². The SMILES string of the molecule is CC1=CC=CC(C)(Cn2ccnc2)C1.Cl. The van der Waals surface area contributed by atoms with E-state index in [4.69, 9.17) is 0 Å². The number of halogens is 1. The van der Waals surface area contributed by atoms with Gasteiger partial charge < -0.3 is 4.57 Å². The minimum Gasteiger partial charge on any atom is -0.337 e. The quantitative estimate of drug-likeness (QED) is 0.754. The Balaban J connectivity index is 0.00000112. The normalized spacial score (nSPS) is 24.5. The third kappa shape index (κ3) is 2.96. The summed E-state index contributed by atoms with van der Waals surface area (Å²) in [5.74, 6) is 0. The van der Waals surface area contributed by atoms with Gasteiger partial charge in [-0.25, -0.2) is 4.98 Å². The van der Waals surface area contributed by atoms with E-state index >= 15 is 0 Å². The number of rotatable bonds is 2. The molecule has 1 aliphatic carbocycles. The second kappa shape index (κ2) is 4.67. The molecule has 1 aromatic rings. The van der Waals surface area contributed by atoms with E-state index in [-0.39, 0.29) is 17.8 Å². The predicted octanol–water partition coefficient (Wildman–Crippen LogP) is 3.22. The van der Waals surface area contributed by atoms with Gasteiger partial charge in [0.25, 0.3) is 0 Å². The van der Waals surface area contributed by atoms with Crippen LogP contribution < -0.4 is 0 Å². The van der Waals surface area contributed by atoms with E-state index in [2.05, 4.69) is 41.6 Å². The van der Waals surface area contributed by atoms with Crippen molar-refractivity contribution < 1.29 is 0 Å². The molecule has 0 N–H and O–H groups in total. The van der Waals surface area contributed by atoms with Gasteiger partial charge in [0.05, 0.1) is 6.33 Å². The Morgan fingerprint density at radius 1 is 1.53 bits per heavy atom. The highest BCUT2D eigenvalue weighted by Crippen LogP contribution is 2.32. The summed E-state index contributed by atoms with van der Waals surface area (Å²) in [6, 6.07) is 0. The first kappa shape index (κ1) is 12.1. The molecule has 0 aromatic carbocycles. The summed E-state index contributed by atoms with van der Waals surface area (Å²) in [6.45, 7) is 5.49. The molecule has 1 unspecified atom stereocenters. The molecule has 0 aliphatic heterocycles. The van der Waals surface area contributed by atoms with Gasteiger partial charge in [0.1, 0.15) is 0 Å². The highest BCUT2D eigenvalue weighted by Gasteiger charge is 2.23.